The SMILES string of the molecule is CC(C)(C)OC(=O)N1CCCCC1CSc1ccc([N+](=O)[O-])cn1. The lowest BCUT2D eigenvalue weighted by Gasteiger charge is -2.36. The first-order valence-electron chi connectivity index (χ1n) is 7.99. The van der Waals surface area contributed by atoms with Crippen LogP contribution in [0, 0.1) is 10.1 Å². The van der Waals surface area contributed by atoms with Gasteiger partial charge in [-0.15, -0.1) is 11.8 Å². The Kier molecular flexibility index (Phi) is 6.04. The van der Waals surface area contributed by atoms with E-state index in [1.54, 1.807) is 11.0 Å². The van der Waals surface area contributed by atoms with Crippen LogP contribution < -0.4 is 0 Å². The maximum atomic E-state index is 12.4. The molecule has 7 nitrogen and oxygen atoms in total. The van der Waals surface area contributed by atoms with E-state index in [9.17, 15) is 14.9 Å². The standard InChI is InChI=1S/C16H23N3O4S/c1-16(2,3)23-15(20)18-9-5-4-6-13(18)11-24-14-8-7-12(10-17-14)19(21)22/h7-8,10,13H,4-6,9,11H2,1-3H3. The van der Waals surface area contributed by atoms with Gasteiger partial charge >= 0.3 is 6.09 Å². The minimum absolute atomic E-state index is 0.0209. The van der Waals surface area contributed by atoms with Gasteiger partial charge in [-0.25, -0.2) is 9.78 Å². The average Bonchev–Trinajstić information content (AvgIpc) is 2.52. The number of amides is 1. The summed E-state index contributed by atoms with van der Waals surface area (Å²) in [7, 11) is 0. The number of piperidine rings is 1. The van der Waals surface area contributed by atoms with Crippen molar-refractivity contribution in [1.29, 1.82) is 0 Å². The van der Waals surface area contributed by atoms with Gasteiger partial charge in [-0.2, -0.15) is 0 Å². The van der Waals surface area contributed by atoms with Crippen LogP contribution in [0.1, 0.15) is 40.0 Å². The smallest absolute Gasteiger partial charge is 0.410 e. The zero-order valence-corrected chi connectivity index (χ0v) is 15.0. The van der Waals surface area contributed by atoms with Gasteiger partial charge in [0, 0.05) is 24.4 Å². The number of likely N-dealkylation sites (tertiary alicyclic amines) is 1. The lowest BCUT2D eigenvalue weighted by molar-refractivity contribution is -0.385. The van der Waals surface area contributed by atoms with Gasteiger partial charge in [0.1, 0.15) is 11.8 Å². The van der Waals surface area contributed by atoms with Crippen LogP contribution in [0.2, 0.25) is 0 Å². The van der Waals surface area contributed by atoms with Crippen LogP contribution in [-0.4, -0.2) is 44.8 Å². The maximum absolute atomic E-state index is 12.4. The number of nitro groups is 1. The summed E-state index contributed by atoms with van der Waals surface area (Å²) >= 11 is 1.50. The minimum Gasteiger partial charge on any atom is -0.444 e. The fraction of sp³-hybridized carbons (Fsp3) is 0.625. The third-order valence-electron chi connectivity index (χ3n) is 3.61. The number of thioether (sulfide) groups is 1. The van der Waals surface area contributed by atoms with Gasteiger partial charge in [0.15, 0.2) is 0 Å². The van der Waals surface area contributed by atoms with Crippen LogP contribution >= 0.6 is 11.8 Å². The number of carbonyl (C=O) groups is 1. The largest absolute Gasteiger partial charge is 0.444 e. The fourth-order valence-electron chi connectivity index (χ4n) is 2.48. The third-order valence-corrected chi connectivity index (χ3v) is 4.70. The molecule has 8 heteroatoms. The molecule has 1 aromatic heterocycles. The summed E-state index contributed by atoms with van der Waals surface area (Å²) in [5.41, 5.74) is -0.529. The molecule has 1 saturated heterocycles. The molecule has 1 amide bonds. The molecular formula is C16H23N3O4S. The molecule has 24 heavy (non-hydrogen) atoms. The summed E-state index contributed by atoms with van der Waals surface area (Å²) in [5.74, 6) is 0.698. The average molecular weight is 353 g/mol. The normalized spacial score (nSPS) is 18.3. The fourth-order valence-corrected chi connectivity index (χ4v) is 3.48. The molecule has 0 N–H and O–H groups in total. The van der Waals surface area contributed by atoms with Gasteiger partial charge in [0.05, 0.1) is 9.95 Å². The van der Waals surface area contributed by atoms with Crippen molar-refractivity contribution in [3.8, 4) is 0 Å². The molecule has 0 radical (unpaired) electrons. The monoisotopic (exact) mass is 353 g/mol. The Morgan fingerprint density at radius 1 is 1.46 bits per heavy atom. The summed E-state index contributed by atoms with van der Waals surface area (Å²) in [5, 5.41) is 11.4. The first-order chi connectivity index (χ1) is 11.3. The van der Waals surface area contributed by atoms with E-state index < -0.39 is 10.5 Å². The second-order valence-corrected chi connectivity index (χ2v) is 7.79. The molecular weight excluding hydrogens is 330 g/mol. The molecule has 1 aromatic rings. The number of ether oxygens (including phenoxy) is 1. The number of hydrogen-bond acceptors (Lipinski definition) is 6. The number of hydrogen-bond donors (Lipinski definition) is 0. The molecule has 1 fully saturated rings. The second kappa shape index (κ2) is 7.83. The van der Waals surface area contributed by atoms with E-state index >= 15 is 0 Å². The predicted molar refractivity (Wildman–Crippen MR) is 92.2 cm³/mol. The van der Waals surface area contributed by atoms with Crippen molar-refractivity contribution in [3.63, 3.8) is 0 Å². The van der Waals surface area contributed by atoms with Crippen LogP contribution in [-0.2, 0) is 4.74 Å². The highest BCUT2D eigenvalue weighted by atomic mass is 32.2. The molecule has 0 spiro atoms. The van der Waals surface area contributed by atoms with Crippen LogP contribution in [0.4, 0.5) is 10.5 Å². The molecule has 1 atom stereocenters. The van der Waals surface area contributed by atoms with E-state index in [-0.39, 0.29) is 17.8 Å². The molecule has 0 bridgehead atoms. The predicted octanol–water partition coefficient (Wildman–Crippen LogP) is 3.87. The zero-order chi connectivity index (χ0) is 17.7. The van der Waals surface area contributed by atoms with Crippen LogP contribution in [0.3, 0.4) is 0 Å². The van der Waals surface area contributed by atoms with Crippen molar-refractivity contribution >= 4 is 23.5 Å². The Balaban J connectivity index is 1.95. The first-order valence-corrected chi connectivity index (χ1v) is 8.98. The van der Waals surface area contributed by atoms with Crippen LogP contribution in [0.5, 0.6) is 0 Å². The Labute approximate surface area is 145 Å². The second-order valence-electron chi connectivity index (χ2n) is 6.75. The number of aromatic nitrogens is 1. The first kappa shape index (κ1) is 18.5. The highest BCUT2D eigenvalue weighted by Gasteiger charge is 2.30. The van der Waals surface area contributed by atoms with E-state index in [1.165, 1.54) is 24.0 Å². The number of pyridine rings is 1. The van der Waals surface area contributed by atoms with Gasteiger partial charge < -0.3 is 9.64 Å². The molecule has 1 aliphatic rings. The number of nitrogens with zero attached hydrogens (tertiary/aromatic N) is 3. The van der Waals surface area contributed by atoms with Gasteiger partial charge in [-0.1, -0.05) is 0 Å². The van der Waals surface area contributed by atoms with Gasteiger partial charge in [0.25, 0.3) is 5.69 Å². The molecule has 132 valence electrons. The van der Waals surface area contributed by atoms with Crippen molar-refractivity contribution in [1.82, 2.24) is 9.88 Å². The number of carbonyl (C=O) groups excluding carboxylic acids is 1. The van der Waals surface area contributed by atoms with Gasteiger partial charge in [-0.3, -0.25) is 10.1 Å². The molecule has 2 heterocycles. The Bertz CT molecular complexity index is 586. The van der Waals surface area contributed by atoms with Gasteiger partial charge in [-0.05, 0) is 46.1 Å². The maximum Gasteiger partial charge on any atom is 0.410 e. The van der Waals surface area contributed by atoms with E-state index in [2.05, 4.69) is 4.98 Å². The molecule has 1 unspecified atom stereocenters. The summed E-state index contributed by atoms with van der Waals surface area (Å²) < 4.78 is 5.49. The topological polar surface area (TPSA) is 85.6 Å². The minimum atomic E-state index is -0.508. The molecule has 2 rings (SSSR count). The van der Waals surface area contributed by atoms with Crippen molar-refractivity contribution in [2.75, 3.05) is 12.3 Å². The third kappa shape index (κ3) is 5.36. The summed E-state index contributed by atoms with van der Waals surface area (Å²) in [6.45, 7) is 6.28. The van der Waals surface area contributed by atoms with Crippen molar-refractivity contribution in [2.45, 2.75) is 56.7 Å². The summed E-state index contributed by atoms with van der Waals surface area (Å²) in [6, 6.07) is 3.18. The van der Waals surface area contributed by atoms with Gasteiger partial charge in [0.2, 0.25) is 0 Å². The quantitative estimate of drug-likeness (QED) is 0.464. The van der Waals surface area contributed by atoms with Crippen molar-refractivity contribution in [3.05, 3.63) is 28.4 Å². The number of rotatable bonds is 4. The molecule has 0 aromatic carbocycles. The summed E-state index contributed by atoms with van der Waals surface area (Å²) in [4.78, 5) is 28.4. The highest BCUT2D eigenvalue weighted by Crippen LogP contribution is 2.26. The lowest BCUT2D eigenvalue weighted by Crippen LogP contribution is -2.47. The van der Waals surface area contributed by atoms with Crippen LogP contribution in [0.15, 0.2) is 23.4 Å². The zero-order valence-electron chi connectivity index (χ0n) is 14.2. The Morgan fingerprint density at radius 3 is 2.79 bits per heavy atom. The van der Waals surface area contributed by atoms with E-state index in [0.717, 1.165) is 24.3 Å². The molecule has 0 saturated carbocycles. The lowest BCUT2D eigenvalue weighted by atomic mass is 10.0. The van der Waals surface area contributed by atoms with Crippen molar-refractivity contribution < 1.29 is 14.5 Å². The van der Waals surface area contributed by atoms with E-state index in [0.29, 0.717) is 12.3 Å². The van der Waals surface area contributed by atoms with Crippen LogP contribution in [0.25, 0.3) is 0 Å². The molecule has 1 aliphatic heterocycles. The Morgan fingerprint density at radius 2 is 2.21 bits per heavy atom. The molecule has 0 aliphatic carbocycles. The van der Waals surface area contributed by atoms with E-state index in [4.69, 9.17) is 4.74 Å². The van der Waals surface area contributed by atoms with Crippen molar-refractivity contribution in [2.24, 2.45) is 0 Å². The summed E-state index contributed by atoms with van der Waals surface area (Å²) in [6.07, 6.45) is 3.98. The Hall–Kier alpha value is -1.83. The van der Waals surface area contributed by atoms with E-state index in [1.807, 2.05) is 20.8 Å². The highest BCUT2D eigenvalue weighted by molar-refractivity contribution is 7.99.